The van der Waals surface area contributed by atoms with Gasteiger partial charge in [-0.05, 0) is 37.3 Å². The lowest BCUT2D eigenvalue weighted by Gasteiger charge is -2.10. The van der Waals surface area contributed by atoms with Crippen LogP contribution in [0.4, 0.5) is 4.39 Å². The summed E-state index contributed by atoms with van der Waals surface area (Å²) in [7, 11) is 0. The van der Waals surface area contributed by atoms with Crippen LogP contribution in [0.25, 0.3) is 0 Å². The number of carbonyl (C=O) groups excluding carboxylic acids is 1. The summed E-state index contributed by atoms with van der Waals surface area (Å²) in [4.78, 5) is 12.0. The third-order valence-electron chi connectivity index (χ3n) is 2.43. The Hall–Kier alpha value is -1.97. The van der Waals surface area contributed by atoms with Crippen molar-refractivity contribution >= 4 is 5.78 Å². The van der Waals surface area contributed by atoms with Gasteiger partial charge in [-0.3, -0.25) is 9.48 Å². The van der Waals surface area contributed by atoms with E-state index in [1.807, 2.05) is 0 Å². The minimum Gasteiger partial charge on any atom is -0.292 e. The Morgan fingerprint density at radius 3 is 2.62 bits per heavy atom. The van der Waals surface area contributed by atoms with E-state index < -0.39 is 0 Å². The van der Waals surface area contributed by atoms with Crippen molar-refractivity contribution in [3.8, 4) is 0 Å². The van der Waals surface area contributed by atoms with Gasteiger partial charge in [0.2, 0.25) is 0 Å². The molecule has 0 aliphatic rings. The number of Topliss-reactive ketones (excluding diaryl/α,β-unsaturated/α-hetero) is 1. The molecule has 82 valence electrons. The summed E-state index contributed by atoms with van der Waals surface area (Å²) in [5.74, 6) is -0.424. The van der Waals surface area contributed by atoms with Crippen LogP contribution in [0.5, 0.6) is 0 Å². The molecule has 0 saturated heterocycles. The molecule has 0 spiro atoms. The molecular weight excluding hydrogens is 207 g/mol. The van der Waals surface area contributed by atoms with E-state index in [2.05, 4.69) is 5.10 Å². The zero-order valence-corrected chi connectivity index (χ0v) is 8.80. The Balaban J connectivity index is 2.22. The largest absolute Gasteiger partial charge is 0.292 e. The number of benzene rings is 1. The molecular formula is C12H11FN2O. The Morgan fingerprint density at radius 2 is 2.06 bits per heavy atom. The van der Waals surface area contributed by atoms with Crippen LogP contribution >= 0.6 is 0 Å². The van der Waals surface area contributed by atoms with Crippen LogP contribution in [-0.4, -0.2) is 15.6 Å². The summed E-state index contributed by atoms with van der Waals surface area (Å²) in [6.07, 6.45) is 3.35. The van der Waals surface area contributed by atoms with Crippen LogP contribution in [-0.2, 0) is 0 Å². The van der Waals surface area contributed by atoms with Crippen molar-refractivity contribution < 1.29 is 9.18 Å². The molecule has 0 N–H and O–H groups in total. The summed E-state index contributed by atoms with van der Waals surface area (Å²) in [6.45, 7) is 1.76. The van der Waals surface area contributed by atoms with Crippen molar-refractivity contribution in [3.05, 3.63) is 54.1 Å². The molecule has 0 bridgehead atoms. The third-order valence-corrected chi connectivity index (χ3v) is 2.43. The van der Waals surface area contributed by atoms with E-state index in [0.717, 1.165) is 0 Å². The number of rotatable bonds is 3. The van der Waals surface area contributed by atoms with Crippen LogP contribution in [0.1, 0.15) is 23.3 Å². The Morgan fingerprint density at radius 1 is 1.38 bits per heavy atom. The summed E-state index contributed by atoms with van der Waals surface area (Å²) in [5.41, 5.74) is 0.490. The van der Waals surface area contributed by atoms with E-state index in [1.54, 1.807) is 30.1 Å². The summed E-state index contributed by atoms with van der Waals surface area (Å²) < 4.78 is 14.3. The van der Waals surface area contributed by atoms with E-state index in [4.69, 9.17) is 0 Å². The molecule has 2 rings (SSSR count). The molecule has 1 atom stereocenters. The fourth-order valence-electron chi connectivity index (χ4n) is 1.49. The number of aromatic nitrogens is 2. The number of nitrogens with zero attached hydrogens (tertiary/aromatic N) is 2. The van der Waals surface area contributed by atoms with Gasteiger partial charge >= 0.3 is 0 Å². The van der Waals surface area contributed by atoms with Gasteiger partial charge in [0, 0.05) is 18.0 Å². The van der Waals surface area contributed by atoms with E-state index >= 15 is 0 Å². The zero-order valence-electron chi connectivity index (χ0n) is 8.80. The number of hydrogen-bond acceptors (Lipinski definition) is 2. The highest BCUT2D eigenvalue weighted by molar-refractivity contribution is 5.98. The molecule has 0 amide bonds. The first-order valence-electron chi connectivity index (χ1n) is 4.97. The molecule has 1 aromatic carbocycles. The highest BCUT2D eigenvalue weighted by atomic mass is 19.1. The van der Waals surface area contributed by atoms with Crippen LogP contribution in [0.3, 0.4) is 0 Å². The summed E-state index contributed by atoms with van der Waals surface area (Å²) in [6, 6.07) is 6.91. The van der Waals surface area contributed by atoms with Crippen molar-refractivity contribution in [2.45, 2.75) is 13.0 Å². The lowest BCUT2D eigenvalue weighted by Crippen LogP contribution is -2.17. The molecule has 3 nitrogen and oxygen atoms in total. The first-order chi connectivity index (χ1) is 7.68. The standard InChI is InChI=1S/C12H11FN2O/c1-9(15-8-2-7-14-15)12(16)10-3-5-11(13)6-4-10/h2-9H,1H3. The molecule has 0 aliphatic carbocycles. The first kappa shape index (κ1) is 10.5. The van der Waals surface area contributed by atoms with Crippen LogP contribution in [0.15, 0.2) is 42.7 Å². The average Bonchev–Trinajstić information content (AvgIpc) is 2.81. The number of ketones is 1. The second-order valence-corrected chi connectivity index (χ2v) is 3.53. The Bertz CT molecular complexity index is 476. The lowest BCUT2D eigenvalue weighted by molar-refractivity contribution is 0.0928. The van der Waals surface area contributed by atoms with Crippen molar-refractivity contribution in [1.82, 2.24) is 9.78 Å². The molecule has 1 heterocycles. The fraction of sp³-hybridized carbons (Fsp3) is 0.167. The lowest BCUT2D eigenvalue weighted by atomic mass is 10.1. The molecule has 0 aliphatic heterocycles. The second kappa shape index (κ2) is 4.26. The van der Waals surface area contributed by atoms with E-state index in [0.29, 0.717) is 5.56 Å². The molecule has 2 aromatic rings. The van der Waals surface area contributed by atoms with Crippen molar-refractivity contribution in [2.24, 2.45) is 0 Å². The minimum absolute atomic E-state index is 0.0799. The summed E-state index contributed by atoms with van der Waals surface area (Å²) >= 11 is 0. The SMILES string of the molecule is CC(C(=O)c1ccc(F)cc1)n1cccn1. The maximum Gasteiger partial charge on any atom is 0.187 e. The van der Waals surface area contributed by atoms with E-state index in [9.17, 15) is 9.18 Å². The predicted octanol–water partition coefficient (Wildman–Crippen LogP) is 2.47. The van der Waals surface area contributed by atoms with E-state index in [1.165, 1.54) is 24.3 Å². The predicted molar refractivity (Wildman–Crippen MR) is 57.7 cm³/mol. The maximum atomic E-state index is 12.7. The zero-order chi connectivity index (χ0) is 11.5. The van der Waals surface area contributed by atoms with E-state index in [-0.39, 0.29) is 17.6 Å². The van der Waals surface area contributed by atoms with Gasteiger partial charge in [0.15, 0.2) is 5.78 Å². The second-order valence-electron chi connectivity index (χ2n) is 3.53. The monoisotopic (exact) mass is 218 g/mol. The van der Waals surface area contributed by atoms with Gasteiger partial charge in [-0.25, -0.2) is 4.39 Å². The molecule has 0 fully saturated rings. The number of carbonyl (C=O) groups is 1. The van der Waals surface area contributed by atoms with Crippen molar-refractivity contribution in [2.75, 3.05) is 0 Å². The molecule has 0 saturated carbocycles. The normalized spacial score (nSPS) is 12.4. The van der Waals surface area contributed by atoms with Gasteiger partial charge in [-0.15, -0.1) is 0 Å². The highest BCUT2D eigenvalue weighted by Crippen LogP contribution is 2.13. The average molecular weight is 218 g/mol. The highest BCUT2D eigenvalue weighted by Gasteiger charge is 2.16. The molecule has 1 aromatic heterocycles. The molecule has 4 heteroatoms. The number of halogens is 1. The first-order valence-corrected chi connectivity index (χ1v) is 4.97. The fourth-order valence-corrected chi connectivity index (χ4v) is 1.49. The Labute approximate surface area is 92.5 Å². The van der Waals surface area contributed by atoms with Crippen molar-refractivity contribution in [3.63, 3.8) is 0 Å². The third kappa shape index (κ3) is 2.00. The topological polar surface area (TPSA) is 34.9 Å². The van der Waals surface area contributed by atoms with Crippen LogP contribution in [0, 0.1) is 5.82 Å². The van der Waals surface area contributed by atoms with Gasteiger partial charge in [-0.2, -0.15) is 5.10 Å². The van der Waals surface area contributed by atoms with Gasteiger partial charge in [0.05, 0.1) is 0 Å². The Kier molecular flexibility index (Phi) is 2.81. The van der Waals surface area contributed by atoms with Gasteiger partial charge in [-0.1, -0.05) is 0 Å². The van der Waals surface area contributed by atoms with Gasteiger partial charge < -0.3 is 0 Å². The van der Waals surface area contributed by atoms with Crippen LogP contribution < -0.4 is 0 Å². The van der Waals surface area contributed by atoms with Crippen molar-refractivity contribution in [1.29, 1.82) is 0 Å². The summed E-state index contributed by atoms with van der Waals surface area (Å²) in [5, 5.41) is 4.00. The number of hydrogen-bond donors (Lipinski definition) is 0. The van der Waals surface area contributed by atoms with Gasteiger partial charge in [0.25, 0.3) is 0 Å². The molecule has 0 radical (unpaired) electrons. The maximum absolute atomic E-state index is 12.7. The molecule has 16 heavy (non-hydrogen) atoms. The van der Waals surface area contributed by atoms with Gasteiger partial charge in [0.1, 0.15) is 11.9 Å². The quantitative estimate of drug-likeness (QED) is 0.742. The van der Waals surface area contributed by atoms with Crippen LogP contribution in [0.2, 0.25) is 0 Å². The minimum atomic E-state index is -0.375. The smallest absolute Gasteiger partial charge is 0.187 e. The molecule has 1 unspecified atom stereocenters.